The summed E-state index contributed by atoms with van der Waals surface area (Å²) in [6, 6.07) is 24.3. The average molecular weight is 637 g/mol. The van der Waals surface area contributed by atoms with Crippen molar-refractivity contribution in [1.82, 2.24) is 9.88 Å². The predicted molar refractivity (Wildman–Crippen MR) is 182 cm³/mol. The number of rotatable bonds is 10. The lowest BCUT2D eigenvalue weighted by Gasteiger charge is -2.25. The molecule has 2 aromatic heterocycles. The van der Waals surface area contributed by atoms with Crippen molar-refractivity contribution in [1.29, 1.82) is 0 Å². The maximum atomic E-state index is 12.6. The Bertz CT molecular complexity index is 2070. The number of aromatic carboxylic acids is 2. The molecule has 0 saturated heterocycles. The Morgan fingerprint density at radius 2 is 1.57 bits per heavy atom. The molecule has 0 bridgehead atoms. The zero-order valence-corrected chi connectivity index (χ0v) is 26.2. The second kappa shape index (κ2) is 14.6. The first-order valence-corrected chi connectivity index (χ1v) is 15.5. The molecule has 0 saturated carbocycles. The molecule has 242 valence electrons. The van der Waals surface area contributed by atoms with Gasteiger partial charge in [0.1, 0.15) is 17.1 Å². The third-order valence-electron chi connectivity index (χ3n) is 7.85. The molecular weight excluding hydrogens is 600 g/mol. The summed E-state index contributed by atoms with van der Waals surface area (Å²) in [5.41, 5.74) is 2.14. The zero-order valence-electron chi connectivity index (χ0n) is 26.2. The van der Waals surface area contributed by atoms with E-state index in [1.165, 1.54) is 21.9 Å². The number of aryl methyl sites for hydroxylation is 2. The number of hydrogen-bond acceptors (Lipinski definition) is 8. The van der Waals surface area contributed by atoms with Crippen molar-refractivity contribution in [3.63, 3.8) is 0 Å². The fraction of sp³-hybridized carbons (Fsp3) is 0.250. The van der Waals surface area contributed by atoms with Gasteiger partial charge in [0.15, 0.2) is 10.9 Å². The van der Waals surface area contributed by atoms with Crippen LogP contribution >= 0.6 is 0 Å². The molecule has 0 aliphatic carbocycles. The minimum absolute atomic E-state index is 0.0680. The monoisotopic (exact) mass is 636 g/mol. The quantitative estimate of drug-likeness (QED) is 0.176. The van der Waals surface area contributed by atoms with Gasteiger partial charge in [-0.1, -0.05) is 61.9 Å². The Kier molecular flexibility index (Phi) is 10.1. The fourth-order valence-electron chi connectivity index (χ4n) is 5.75. The molecule has 47 heavy (non-hydrogen) atoms. The summed E-state index contributed by atoms with van der Waals surface area (Å²) in [4.78, 5) is 54.7. The van der Waals surface area contributed by atoms with Gasteiger partial charge in [-0.15, -0.1) is 0 Å². The van der Waals surface area contributed by atoms with E-state index in [0.717, 1.165) is 44.1 Å². The molecule has 5 aromatic rings. The Hall–Kier alpha value is -5.71. The Morgan fingerprint density at radius 3 is 2.17 bits per heavy atom. The molecule has 0 amide bonds. The number of carboxylic acids is 2. The van der Waals surface area contributed by atoms with Gasteiger partial charge >= 0.3 is 11.9 Å². The maximum absolute atomic E-state index is 12.6. The van der Waals surface area contributed by atoms with E-state index in [9.17, 15) is 29.4 Å². The van der Waals surface area contributed by atoms with Crippen molar-refractivity contribution in [2.75, 3.05) is 24.5 Å². The van der Waals surface area contributed by atoms with Crippen LogP contribution in [0, 0.1) is 0 Å². The van der Waals surface area contributed by atoms with Gasteiger partial charge in [-0.25, -0.2) is 9.59 Å². The van der Waals surface area contributed by atoms with Crippen LogP contribution < -0.4 is 21.1 Å². The van der Waals surface area contributed by atoms with E-state index < -0.39 is 28.6 Å². The van der Waals surface area contributed by atoms with Crippen molar-refractivity contribution in [3.05, 3.63) is 122 Å². The van der Waals surface area contributed by atoms with E-state index in [1.807, 2.05) is 6.92 Å². The number of para-hydroxylation sites is 1. The van der Waals surface area contributed by atoms with Gasteiger partial charge < -0.3 is 29.4 Å². The Balaban J connectivity index is 0.000000193. The van der Waals surface area contributed by atoms with Gasteiger partial charge in [-0.2, -0.15) is 0 Å². The highest BCUT2D eigenvalue weighted by Crippen LogP contribution is 2.28. The number of hydrogen-bond donors (Lipinski definition) is 3. The molecule has 0 spiro atoms. The zero-order chi connectivity index (χ0) is 33.5. The van der Waals surface area contributed by atoms with Crippen molar-refractivity contribution in [3.8, 4) is 0 Å². The van der Waals surface area contributed by atoms with Gasteiger partial charge in [-0.05, 0) is 37.1 Å². The summed E-state index contributed by atoms with van der Waals surface area (Å²) in [6.07, 6.45) is 0.993. The molecule has 1 aliphatic rings. The van der Waals surface area contributed by atoms with Crippen LogP contribution in [0.3, 0.4) is 0 Å². The van der Waals surface area contributed by atoms with Crippen LogP contribution in [0.25, 0.3) is 21.9 Å². The van der Waals surface area contributed by atoms with E-state index in [2.05, 4.69) is 75.9 Å². The number of carbonyl (C=O) groups is 2. The van der Waals surface area contributed by atoms with Gasteiger partial charge in [0, 0.05) is 48.4 Å². The van der Waals surface area contributed by atoms with Crippen molar-refractivity contribution in [2.45, 2.75) is 39.8 Å². The number of aromatic nitrogens is 1. The molecule has 0 unspecified atom stereocenters. The van der Waals surface area contributed by atoms with Crippen LogP contribution in [-0.4, -0.2) is 52.2 Å². The molecule has 3 N–H and O–H groups in total. The number of anilines is 1. The first-order valence-electron chi connectivity index (χ1n) is 15.5. The van der Waals surface area contributed by atoms with E-state index in [0.29, 0.717) is 23.9 Å². The van der Waals surface area contributed by atoms with E-state index >= 15 is 0 Å². The van der Waals surface area contributed by atoms with Crippen LogP contribution in [0.4, 0.5) is 5.69 Å². The number of benzene rings is 3. The summed E-state index contributed by atoms with van der Waals surface area (Å²) in [5, 5.41) is 22.3. The van der Waals surface area contributed by atoms with Crippen molar-refractivity contribution in [2.24, 2.45) is 4.99 Å². The van der Waals surface area contributed by atoms with Gasteiger partial charge in [0.2, 0.25) is 5.76 Å². The maximum Gasteiger partial charge on any atom is 0.371 e. The van der Waals surface area contributed by atoms with Gasteiger partial charge in [0.05, 0.1) is 24.0 Å². The topological polar surface area (TPSA) is 154 Å². The van der Waals surface area contributed by atoms with E-state index in [4.69, 9.17) is 4.42 Å². The minimum Gasteiger partial charge on any atom is -0.477 e. The SMILES string of the molecule is CCCc1c2oc(C(=O)O)cc(=O)c2cc2c(=O)cc(C(=O)O)n(CC)c12.c1ccc(CN(CC2=NCCN2)c2ccccc2)cc1. The molecule has 11 heteroatoms. The third-order valence-corrected chi connectivity index (χ3v) is 7.85. The van der Waals surface area contributed by atoms with E-state index in [-0.39, 0.29) is 28.6 Å². The summed E-state index contributed by atoms with van der Waals surface area (Å²) in [6.45, 7) is 7.46. The second-order valence-electron chi connectivity index (χ2n) is 11.0. The van der Waals surface area contributed by atoms with Crippen molar-refractivity contribution < 1.29 is 24.2 Å². The summed E-state index contributed by atoms with van der Waals surface area (Å²) in [7, 11) is 0. The van der Waals surface area contributed by atoms with Crippen LogP contribution in [0.15, 0.2) is 97.9 Å². The molecule has 3 aromatic carbocycles. The lowest BCUT2D eigenvalue weighted by molar-refractivity contribution is 0.0659. The normalized spacial score (nSPS) is 12.3. The fourth-order valence-corrected chi connectivity index (χ4v) is 5.75. The smallest absolute Gasteiger partial charge is 0.371 e. The highest BCUT2D eigenvalue weighted by atomic mass is 16.4. The van der Waals surface area contributed by atoms with Crippen molar-refractivity contribution >= 4 is 45.3 Å². The highest BCUT2D eigenvalue weighted by molar-refractivity contribution is 6.01. The number of amidine groups is 1. The first-order chi connectivity index (χ1) is 22.7. The second-order valence-corrected chi connectivity index (χ2v) is 11.0. The largest absolute Gasteiger partial charge is 0.477 e. The number of nitrogens with zero attached hydrogens (tertiary/aromatic N) is 3. The first kappa shape index (κ1) is 32.7. The van der Waals surface area contributed by atoms with Crippen LogP contribution in [0.2, 0.25) is 0 Å². The molecular formula is C36H36N4O7. The molecule has 0 fully saturated rings. The molecule has 1 aliphatic heterocycles. The van der Waals surface area contributed by atoms with Crippen LogP contribution in [-0.2, 0) is 19.5 Å². The number of nitrogens with one attached hydrogen (secondary N) is 1. The molecule has 11 nitrogen and oxygen atoms in total. The molecule has 0 atom stereocenters. The minimum atomic E-state index is -1.39. The highest BCUT2D eigenvalue weighted by Gasteiger charge is 2.22. The lowest BCUT2D eigenvalue weighted by atomic mass is 10.00. The summed E-state index contributed by atoms with van der Waals surface area (Å²) in [5.74, 6) is -2.06. The van der Waals surface area contributed by atoms with Crippen LogP contribution in [0.1, 0.15) is 52.4 Å². The third kappa shape index (κ3) is 7.25. The molecule has 3 heterocycles. The number of carboxylic acid groups (broad SMARTS) is 2. The molecule has 6 rings (SSSR count). The Labute approximate surface area is 270 Å². The number of aliphatic imine (C=N–C) groups is 1. The standard InChI is InChI=1S/C19H17NO7.C17H19N3/c1-3-5-9-16-10(13(21)7-12(18(23)24)20(16)4-2)6-11-14(22)8-15(19(25)26)27-17(9)11;1-3-7-15(8-4-1)13-20(14-17-18-11-12-19-17)16-9-5-2-6-10-16/h6-8H,3-5H2,1-2H3,(H,23,24)(H,25,26);1-10H,11-14H2,(H,18,19). The van der Waals surface area contributed by atoms with E-state index in [1.54, 1.807) is 6.92 Å². The molecule has 0 radical (unpaired) electrons. The number of pyridine rings is 1. The predicted octanol–water partition coefficient (Wildman–Crippen LogP) is 5.17. The Morgan fingerprint density at radius 1 is 0.894 bits per heavy atom. The lowest BCUT2D eigenvalue weighted by Crippen LogP contribution is -2.34. The average Bonchev–Trinajstić information content (AvgIpc) is 3.59. The van der Waals surface area contributed by atoms with Gasteiger partial charge in [0.25, 0.3) is 0 Å². The van der Waals surface area contributed by atoms with Gasteiger partial charge in [-0.3, -0.25) is 14.6 Å². The number of fused-ring (bicyclic) bond motifs is 2. The summed E-state index contributed by atoms with van der Waals surface area (Å²) < 4.78 is 6.94. The summed E-state index contributed by atoms with van der Waals surface area (Å²) >= 11 is 0. The van der Waals surface area contributed by atoms with Crippen LogP contribution in [0.5, 0.6) is 0 Å².